The summed E-state index contributed by atoms with van der Waals surface area (Å²) in [6.45, 7) is 3.20. The monoisotopic (exact) mass is 256 g/mol. The third-order valence-electron chi connectivity index (χ3n) is 3.69. The molecule has 4 heteroatoms. The number of aromatic carboxylic acids is 1. The Kier molecular flexibility index (Phi) is 2.85. The molecule has 0 radical (unpaired) electrons. The zero-order valence-electron chi connectivity index (χ0n) is 10.8. The molecule has 98 valence electrons. The third-order valence-corrected chi connectivity index (χ3v) is 3.69. The molecule has 1 aromatic heterocycles. The van der Waals surface area contributed by atoms with Crippen molar-refractivity contribution in [3.05, 3.63) is 41.7 Å². The minimum Gasteiger partial charge on any atom is -0.478 e. The first kappa shape index (κ1) is 12.0. The van der Waals surface area contributed by atoms with Crippen LogP contribution in [0.1, 0.15) is 29.4 Å². The number of carboxylic acid groups (broad SMARTS) is 1. The van der Waals surface area contributed by atoms with Crippen LogP contribution in [0.5, 0.6) is 0 Å². The van der Waals surface area contributed by atoms with E-state index in [0.29, 0.717) is 11.5 Å². The maximum absolute atomic E-state index is 11.0. The van der Waals surface area contributed by atoms with Gasteiger partial charge in [0.25, 0.3) is 0 Å². The Hall–Kier alpha value is -2.10. The van der Waals surface area contributed by atoms with Crippen molar-refractivity contribution in [2.45, 2.75) is 26.3 Å². The quantitative estimate of drug-likeness (QED) is 0.898. The fraction of sp³-hybridized carbons (Fsp3) is 0.333. The fourth-order valence-electron chi connectivity index (χ4n) is 2.63. The van der Waals surface area contributed by atoms with Crippen LogP contribution in [0, 0.1) is 5.92 Å². The third kappa shape index (κ3) is 2.14. The van der Waals surface area contributed by atoms with Gasteiger partial charge in [-0.05, 0) is 30.9 Å². The molecule has 0 spiro atoms. The Bertz CT molecular complexity index is 631. The van der Waals surface area contributed by atoms with Gasteiger partial charge in [-0.15, -0.1) is 0 Å². The van der Waals surface area contributed by atoms with E-state index in [1.807, 2.05) is 12.3 Å². The Labute approximate surface area is 111 Å². The van der Waals surface area contributed by atoms with E-state index in [2.05, 4.69) is 16.5 Å². The molecule has 0 bridgehead atoms. The molecule has 0 amide bonds. The van der Waals surface area contributed by atoms with Crippen molar-refractivity contribution >= 4 is 5.97 Å². The SMILES string of the molecule is CC1CCc2cnc(-c3cccc(C(=O)O)c3)n2C1. The van der Waals surface area contributed by atoms with Gasteiger partial charge in [0.05, 0.1) is 5.56 Å². The first-order valence-corrected chi connectivity index (χ1v) is 6.53. The van der Waals surface area contributed by atoms with Crippen LogP contribution < -0.4 is 0 Å². The van der Waals surface area contributed by atoms with Crippen molar-refractivity contribution in [3.8, 4) is 11.4 Å². The summed E-state index contributed by atoms with van der Waals surface area (Å²) in [6.07, 6.45) is 4.15. The van der Waals surface area contributed by atoms with Gasteiger partial charge >= 0.3 is 5.97 Å². The molecule has 2 heterocycles. The van der Waals surface area contributed by atoms with Crippen LogP contribution in [0.25, 0.3) is 11.4 Å². The fourth-order valence-corrected chi connectivity index (χ4v) is 2.63. The molecule has 0 aliphatic carbocycles. The summed E-state index contributed by atoms with van der Waals surface area (Å²) in [4.78, 5) is 15.5. The predicted octanol–water partition coefficient (Wildman–Crippen LogP) is 2.83. The highest BCUT2D eigenvalue weighted by Gasteiger charge is 2.19. The van der Waals surface area contributed by atoms with Gasteiger partial charge in [-0.25, -0.2) is 9.78 Å². The Morgan fingerprint density at radius 2 is 2.32 bits per heavy atom. The number of carboxylic acids is 1. The molecule has 3 rings (SSSR count). The van der Waals surface area contributed by atoms with E-state index in [9.17, 15) is 4.79 Å². The van der Waals surface area contributed by atoms with Crippen molar-refractivity contribution in [1.82, 2.24) is 9.55 Å². The van der Waals surface area contributed by atoms with Gasteiger partial charge in [0.1, 0.15) is 5.82 Å². The number of aromatic nitrogens is 2. The molecule has 19 heavy (non-hydrogen) atoms. The number of aryl methyl sites for hydroxylation is 1. The van der Waals surface area contributed by atoms with E-state index in [0.717, 1.165) is 24.4 Å². The summed E-state index contributed by atoms with van der Waals surface area (Å²) >= 11 is 0. The molecule has 0 fully saturated rings. The highest BCUT2D eigenvalue weighted by molar-refractivity contribution is 5.89. The second-order valence-electron chi connectivity index (χ2n) is 5.21. The molecule has 1 aliphatic rings. The minimum atomic E-state index is -0.902. The number of rotatable bonds is 2. The maximum Gasteiger partial charge on any atom is 0.335 e. The van der Waals surface area contributed by atoms with E-state index < -0.39 is 5.97 Å². The van der Waals surface area contributed by atoms with Crippen LogP contribution in [-0.4, -0.2) is 20.6 Å². The number of hydrogen-bond acceptors (Lipinski definition) is 2. The second kappa shape index (κ2) is 4.53. The number of imidazole rings is 1. The van der Waals surface area contributed by atoms with Crippen molar-refractivity contribution < 1.29 is 9.90 Å². The van der Waals surface area contributed by atoms with E-state index in [1.54, 1.807) is 18.2 Å². The average molecular weight is 256 g/mol. The zero-order chi connectivity index (χ0) is 13.4. The summed E-state index contributed by atoms with van der Waals surface area (Å²) in [6, 6.07) is 6.99. The molecule has 1 aliphatic heterocycles. The molecule has 1 N–H and O–H groups in total. The summed E-state index contributed by atoms with van der Waals surface area (Å²) < 4.78 is 2.22. The minimum absolute atomic E-state index is 0.304. The van der Waals surface area contributed by atoms with E-state index in [-0.39, 0.29) is 0 Å². The van der Waals surface area contributed by atoms with Crippen LogP contribution in [-0.2, 0) is 13.0 Å². The lowest BCUT2D eigenvalue weighted by Crippen LogP contribution is -2.18. The summed E-state index contributed by atoms with van der Waals surface area (Å²) in [7, 11) is 0. The summed E-state index contributed by atoms with van der Waals surface area (Å²) in [5, 5.41) is 9.06. The van der Waals surface area contributed by atoms with Crippen LogP contribution in [0.4, 0.5) is 0 Å². The summed E-state index contributed by atoms with van der Waals surface area (Å²) in [5.41, 5.74) is 2.42. The highest BCUT2D eigenvalue weighted by Crippen LogP contribution is 2.27. The van der Waals surface area contributed by atoms with Crippen molar-refractivity contribution in [2.75, 3.05) is 0 Å². The predicted molar refractivity (Wildman–Crippen MR) is 72.1 cm³/mol. The molecule has 0 saturated heterocycles. The first-order valence-electron chi connectivity index (χ1n) is 6.53. The van der Waals surface area contributed by atoms with E-state index in [4.69, 9.17) is 5.11 Å². The number of carbonyl (C=O) groups is 1. The summed E-state index contributed by atoms with van der Waals surface area (Å²) in [5.74, 6) is 0.619. The van der Waals surface area contributed by atoms with Crippen LogP contribution in [0.15, 0.2) is 30.5 Å². The van der Waals surface area contributed by atoms with Crippen LogP contribution >= 0.6 is 0 Å². The largest absolute Gasteiger partial charge is 0.478 e. The van der Waals surface area contributed by atoms with Gasteiger partial charge in [0, 0.05) is 24.0 Å². The maximum atomic E-state index is 11.0. The molecule has 2 aromatic rings. The molecular formula is C15H16N2O2. The van der Waals surface area contributed by atoms with Crippen LogP contribution in [0.2, 0.25) is 0 Å². The lowest BCUT2D eigenvalue weighted by atomic mass is 10.00. The molecular weight excluding hydrogens is 240 g/mol. The second-order valence-corrected chi connectivity index (χ2v) is 5.21. The van der Waals surface area contributed by atoms with Gasteiger partial charge in [0.15, 0.2) is 0 Å². The molecule has 1 atom stereocenters. The standard InChI is InChI=1S/C15H16N2O2/c1-10-5-6-13-8-16-14(17(13)9-10)11-3-2-4-12(7-11)15(18)19/h2-4,7-8,10H,5-6,9H2,1H3,(H,18,19). The number of fused-ring (bicyclic) bond motifs is 1. The topological polar surface area (TPSA) is 55.1 Å². The van der Waals surface area contributed by atoms with E-state index >= 15 is 0 Å². The van der Waals surface area contributed by atoms with Gasteiger partial charge in [-0.3, -0.25) is 0 Å². The first-order chi connectivity index (χ1) is 9.15. The molecule has 1 aromatic carbocycles. The number of benzene rings is 1. The average Bonchev–Trinajstić information content (AvgIpc) is 2.81. The lowest BCUT2D eigenvalue weighted by molar-refractivity contribution is 0.0697. The Balaban J connectivity index is 2.05. The number of hydrogen-bond donors (Lipinski definition) is 1. The smallest absolute Gasteiger partial charge is 0.335 e. The molecule has 4 nitrogen and oxygen atoms in total. The van der Waals surface area contributed by atoms with Gasteiger partial charge < -0.3 is 9.67 Å². The van der Waals surface area contributed by atoms with Crippen molar-refractivity contribution in [2.24, 2.45) is 5.92 Å². The molecule has 1 unspecified atom stereocenters. The Morgan fingerprint density at radius 1 is 1.47 bits per heavy atom. The lowest BCUT2D eigenvalue weighted by Gasteiger charge is -2.22. The van der Waals surface area contributed by atoms with Gasteiger partial charge in [-0.2, -0.15) is 0 Å². The van der Waals surface area contributed by atoms with Gasteiger partial charge in [-0.1, -0.05) is 19.1 Å². The van der Waals surface area contributed by atoms with E-state index in [1.165, 1.54) is 12.1 Å². The van der Waals surface area contributed by atoms with Crippen LogP contribution in [0.3, 0.4) is 0 Å². The Morgan fingerprint density at radius 3 is 3.11 bits per heavy atom. The van der Waals surface area contributed by atoms with Crippen molar-refractivity contribution in [3.63, 3.8) is 0 Å². The zero-order valence-corrected chi connectivity index (χ0v) is 10.8. The normalized spacial score (nSPS) is 18.1. The highest BCUT2D eigenvalue weighted by atomic mass is 16.4. The van der Waals surface area contributed by atoms with Gasteiger partial charge in [0.2, 0.25) is 0 Å². The molecule has 0 saturated carbocycles. The van der Waals surface area contributed by atoms with Crippen molar-refractivity contribution in [1.29, 1.82) is 0 Å². The number of nitrogens with zero attached hydrogens (tertiary/aromatic N) is 2.